The Morgan fingerprint density at radius 3 is 2.70 bits per heavy atom. The van der Waals surface area contributed by atoms with Crippen molar-refractivity contribution in [3.63, 3.8) is 0 Å². The predicted molar refractivity (Wildman–Crippen MR) is 85.4 cm³/mol. The van der Waals surface area contributed by atoms with Gasteiger partial charge in [0.05, 0.1) is 17.6 Å². The van der Waals surface area contributed by atoms with Crippen molar-refractivity contribution < 1.29 is 0 Å². The summed E-state index contributed by atoms with van der Waals surface area (Å²) in [6.07, 6.45) is 1.15. The summed E-state index contributed by atoms with van der Waals surface area (Å²) in [6, 6.07) is 8.47. The van der Waals surface area contributed by atoms with E-state index in [2.05, 4.69) is 46.0 Å². The standard InChI is InChI=1S/C15H22N4.ClH/c1-2-9-19-14-6-4-3-5-13(14)17-15(19)12-18-10-7-16-8-11-18;/h3-6,16H,2,7-12H2,1H3;1H. The molecule has 0 spiro atoms. The molecule has 0 saturated carbocycles. The molecule has 1 N–H and O–H groups in total. The van der Waals surface area contributed by atoms with Crippen LogP contribution in [-0.4, -0.2) is 40.6 Å². The van der Waals surface area contributed by atoms with E-state index in [4.69, 9.17) is 4.98 Å². The highest BCUT2D eigenvalue weighted by atomic mass is 35.5. The zero-order valence-electron chi connectivity index (χ0n) is 12.0. The molecule has 0 atom stereocenters. The van der Waals surface area contributed by atoms with Gasteiger partial charge in [0.25, 0.3) is 0 Å². The molecule has 2 heterocycles. The summed E-state index contributed by atoms with van der Waals surface area (Å²) in [5.41, 5.74) is 2.40. The maximum absolute atomic E-state index is 4.83. The van der Waals surface area contributed by atoms with Crippen LogP contribution in [0.2, 0.25) is 0 Å². The van der Waals surface area contributed by atoms with Crippen LogP contribution >= 0.6 is 12.4 Å². The molecule has 1 aliphatic heterocycles. The first-order chi connectivity index (χ1) is 9.38. The molecule has 4 nitrogen and oxygen atoms in total. The number of nitrogens with one attached hydrogen (secondary N) is 1. The predicted octanol–water partition coefficient (Wildman–Crippen LogP) is 2.27. The lowest BCUT2D eigenvalue weighted by molar-refractivity contribution is 0.225. The Hall–Kier alpha value is -1.10. The summed E-state index contributed by atoms with van der Waals surface area (Å²) in [4.78, 5) is 7.32. The lowest BCUT2D eigenvalue weighted by Gasteiger charge is -2.27. The minimum Gasteiger partial charge on any atom is -0.327 e. The summed E-state index contributed by atoms with van der Waals surface area (Å²) >= 11 is 0. The van der Waals surface area contributed by atoms with E-state index in [1.54, 1.807) is 0 Å². The number of fused-ring (bicyclic) bond motifs is 1. The molecule has 0 bridgehead atoms. The molecule has 1 aliphatic rings. The number of piperazine rings is 1. The second-order valence-corrected chi connectivity index (χ2v) is 5.19. The van der Waals surface area contributed by atoms with Gasteiger partial charge in [-0.2, -0.15) is 0 Å². The van der Waals surface area contributed by atoms with Crippen molar-refractivity contribution in [2.24, 2.45) is 0 Å². The van der Waals surface area contributed by atoms with Gasteiger partial charge in [0.2, 0.25) is 0 Å². The van der Waals surface area contributed by atoms with Gasteiger partial charge in [-0.15, -0.1) is 12.4 Å². The lowest BCUT2D eigenvalue weighted by Crippen LogP contribution is -2.43. The second-order valence-electron chi connectivity index (χ2n) is 5.19. The highest BCUT2D eigenvalue weighted by Gasteiger charge is 2.15. The molecule has 0 radical (unpaired) electrons. The van der Waals surface area contributed by atoms with E-state index in [-0.39, 0.29) is 12.4 Å². The van der Waals surface area contributed by atoms with Crippen molar-refractivity contribution >= 4 is 23.4 Å². The highest BCUT2D eigenvalue weighted by molar-refractivity contribution is 5.85. The van der Waals surface area contributed by atoms with Crippen molar-refractivity contribution in [2.45, 2.75) is 26.4 Å². The molecular weight excluding hydrogens is 272 g/mol. The minimum absolute atomic E-state index is 0. The van der Waals surface area contributed by atoms with Gasteiger partial charge in [-0.25, -0.2) is 4.98 Å². The Labute approximate surface area is 126 Å². The van der Waals surface area contributed by atoms with Gasteiger partial charge in [0.15, 0.2) is 0 Å². The Balaban J connectivity index is 0.00000147. The van der Waals surface area contributed by atoms with Crippen molar-refractivity contribution in [3.8, 4) is 0 Å². The number of nitrogens with zero attached hydrogens (tertiary/aromatic N) is 3. The van der Waals surface area contributed by atoms with Crippen LogP contribution in [0.5, 0.6) is 0 Å². The highest BCUT2D eigenvalue weighted by Crippen LogP contribution is 2.18. The molecular formula is C15H23ClN4. The number of rotatable bonds is 4. The molecule has 20 heavy (non-hydrogen) atoms. The molecule has 0 unspecified atom stereocenters. The van der Waals surface area contributed by atoms with Gasteiger partial charge in [-0.1, -0.05) is 19.1 Å². The van der Waals surface area contributed by atoms with E-state index in [1.807, 2.05) is 0 Å². The average Bonchev–Trinajstić information content (AvgIpc) is 2.79. The summed E-state index contributed by atoms with van der Waals surface area (Å²) in [7, 11) is 0. The van der Waals surface area contributed by atoms with Crippen LogP contribution in [0, 0.1) is 0 Å². The molecule has 0 aliphatic carbocycles. The average molecular weight is 295 g/mol. The first-order valence-electron chi connectivity index (χ1n) is 7.25. The summed E-state index contributed by atoms with van der Waals surface area (Å²) in [5, 5.41) is 3.40. The van der Waals surface area contributed by atoms with Crippen LogP contribution in [0.15, 0.2) is 24.3 Å². The Kier molecular flexibility index (Phi) is 5.40. The molecule has 1 fully saturated rings. The number of para-hydroxylation sites is 2. The van der Waals surface area contributed by atoms with Gasteiger partial charge < -0.3 is 9.88 Å². The van der Waals surface area contributed by atoms with Gasteiger partial charge in [-0.3, -0.25) is 4.90 Å². The fourth-order valence-corrected chi connectivity index (χ4v) is 2.79. The number of hydrogen-bond donors (Lipinski definition) is 1. The van der Waals surface area contributed by atoms with Crippen LogP contribution in [0.1, 0.15) is 19.2 Å². The summed E-state index contributed by atoms with van der Waals surface area (Å²) in [5.74, 6) is 1.21. The quantitative estimate of drug-likeness (QED) is 0.939. The van der Waals surface area contributed by atoms with Gasteiger partial charge in [0.1, 0.15) is 5.82 Å². The Bertz CT molecular complexity index is 546. The van der Waals surface area contributed by atoms with Gasteiger partial charge >= 0.3 is 0 Å². The number of aromatic nitrogens is 2. The maximum atomic E-state index is 4.83. The zero-order chi connectivity index (χ0) is 13.1. The van der Waals surface area contributed by atoms with Crippen LogP contribution in [0.4, 0.5) is 0 Å². The number of imidazole rings is 1. The fraction of sp³-hybridized carbons (Fsp3) is 0.533. The molecule has 0 amide bonds. The van der Waals surface area contributed by atoms with E-state index in [9.17, 15) is 0 Å². The van der Waals surface area contributed by atoms with Crippen molar-refractivity contribution in [1.82, 2.24) is 19.8 Å². The van der Waals surface area contributed by atoms with E-state index in [0.29, 0.717) is 0 Å². The monoisotopic (exact) mass is 294 g/mol. The molecule has 3 rings (SSSR count). The molecule has 1 aromatic heterocycles. The molecule has 1 saturated heterocycles. The molecule has 5 heteroatoms. The maximum Gasteiger partial charge on any atom is 0.124 e. The Morgan fingerprint density at radius 1 is 1.20 bits per heavy atom. The first kappa shape index (κ1) is 15.3. The molecule has 2 aromatic rings. The normalized spacial score (nSPS) is 16.2. The second kappa shape index (κ2) is 7.07. The van der Waals surface area contributed by atoms with E-state index in [0.717, 1.165) is 51.2 Å². The third-order valence-corrected chi connectivity index (χ3v) is 3.76. The summed E-state index contributed by atoms with van der Waals surface area (Å²) in [6.45, 7) is 8.67. The zero-order valence-corrected chi connectivity index (χ0v) is 12.8. The van der Waals surface area contributed by atoms with Crippen molar-refractivity contribution in [1.29, 1.82) is 0 Å². The fourth-order valence-electron chi connectivity index (χ4n) is 2.79. The Morgan fingerprint density at radius 2 is 1.95 bits per heavy atom. The topological polar surface area (TPSA) is 33.1 Å². The largest absolute Gasteiger partial charge is 0.327 e. The van der Waals surface area contributed by atoms with Crippen LogP contribution in [0.25, 0.3) is 11.0 Å². The van der Waals surface area contributed by atoms with Crippen LogP contribution in [-0.2, 0) is 13.1 Å². The van der Waals surface area contributed by atoms with E-state index >= 15 is 0 Å². The van der Waals surface area contributed by atoms with E-state index < -0.39 is 0 Å². The number of hydrogen-bond acceptors (Lipinski definition) is 3. The van der Waals surface area contributed by atoms with Gasteiger partial charge in [-0.05, 0) is 18.6 Å². The number of halogens is 1. The molecule has 110 valence electrons. The smallest absolute Gasteiger partial charge is 0.124 e. The SMILES string of the molecule is CCCn1c(CN2CCNCC2)nc2ccccc21.Cl. The van der Waals surface area contributed by atoms with Gasteiger partial charge in [0, 0.05) is 32.7 Å². The third kappa shape index (κ3) is 3.14. The van der Waals surface area contributed by atoms with Crippen LogP contribution < -0.4 is 5.32 Å². The molecule has 1 aromatic carbocycles. The van der Waals surface area contributed by atoms with Crippen molar-refractivity contribution in [2.75, 3.05) is 26.2 Å². The number of benzene rings is 1. The van der Waals surface area contributed by atoms with Crippen LogP contribution in [0.3, 0.4) is 0 Å². The number of aryl methyl sites for hydroxylation is 1. The minimum atomic E-state index is 0. The first-order valence-corrected chi connectivity index (χ1v) is 7.25. The van der Waals surface area contributed by atoms with Crippen molar-refractivity contribution in [3.05, 3.63) is 30.1 Å². The summed E-state index contributed by atoms with van der Waals surface area (Å²) < 4.78 is 2.39. The van der Waals surface area contributed by atoms with E-state index in [1.165, 1.54) is 11.3 Å². The lowest BCUT2D eigenvalue weighted by atomic mass is 10.3. The third-order valence-electron chi connectivity index (χ3n) is 3.76.